The molecule has 0 unspecified atom stereocenters. The molecule has 0 saturated heterocycles. The first-order valence-electron chi connectivity index (χ1n) is 10.9. The van der Waals surface area contributed by atoms with Gasteiger partial charge in [-0.3, -0.25) is 19.4 Å². The molecule has 190 valence electrons. The Bertz CT molecular complexity index is 1480. The van der Waals surface area contributed by atoms with Crippen molar-refractivity contribution in [2.24, 2.45) is 0 Å². The summed E-state index contributed by atoms with van der Waals surface area (Å²) >= 11 is 0. The number of amides is 1. The van der Waals surface area contributed by atoms with Crippen LogP contribution in [0.1, 0.15) is 23.0 Å². The fourth-order valence-corrected chi connectivity index (χ4v) is 3.34. The predicted octanol–water partition coefficient (Wildman–Crippen LogP) is 3.33. The molecule has 0 bridgehead atoms. The molecule has 4 aromatic heterocycles. The molecular formula is C24H19F3N6O4. The fourth-order valence-electron chi connectivity index (χ4n) is 3.34. The van der Waals surface area contributed by atoms with E-state index < -0.39 is 29.3 Å². The van der Waals surface area contributed by atoms with Crippen molar-refractivity contribution in [3.63, 3.8) is 0 Å². The molecule has 4 heterocycles. The lowest BCUT2D eigenvalue weighted by molar-refractivity contribution is -0.144. The van der Waals surface area contributed by atoms with E-state index in [0.29, 0.717) is 10.2 Å². The van der Waals surface area contributed by atoms with Crippen molar-refractivity contribution >= 4 is 17.7 Å². The van der Waals surface area contributed by atoms with E-state index in [4.69, 9.17) is 4.74 Å². The highest BCUT2D eigenvalue weighted by molar-refractivity contribution is 6.03. The van der Waals surface area contributed by atoms with Crippen LogP contribution in [0.2, 0.25) is 0 Å². The van der Waals surface area contributed by atoms with Crippen molar-refractivity contribution in [2.45, 2.75) is 19.6 Å². The van der Waals surface area contributed by atoms with Crippen LogP contribution in [-0.2, 0) is 22.3 Å². The molecule has 0 fully saturated rings. The van der Waals surface area contributed by atoms with E-state index in [1.807, 2.05) is 0 Å². The highest BCUT2D eigenvalue weighted by Gasteiger charge is 2.36. The number of carbonyl (C=O) groups is 2. The highest BCUT2D eigenvalue weighted by atomic mass is 19.4. The van der Waals surface area contributed by atoms with Crippen LogP contribution in [0, 0.1) is 0 Å². The third-order valence-electron chi connectivity index (χ3n) is 5.04. The number of pyridine rings is 3. The lowest BCUT2D eigenvalue weighted by Gasteiger charge is -2.11. The number of carbonyl (C=O) groups excluding carboxylic acids is 2. The monoisotopic (exact) mass is 512 g/mol. The van der Waals surface area contributed by atoms with Gasteiger partial charge in [0, 0.05) is 30.2 Å². The average molecular weight is 512 g/mol. The van der Waals surface area contributed by atoms with Crippen LogP contribution < -0.4 is 10.9 Å². The molecule has 1 amide bonds. The minimum Gasteiger partial charge on any atom is -0.465 e. The second kappa shape index (κ2) is 10.4. The third-order valence-corrected chi connectivity index (χ3v) is 5.04. The van der Waals surface area contributed by atoms with Crippen molar-refractivity contribution in [3.05, 3.63) is 88.9 Å². The number of ether oxygens (including phenoxy) is 1. The van der Waals surface area contributed by atoms with Gasteiger partial charge in [-0.05, 0) is 43.3 Å². The molecule has 4 rings (SSSR count). The number of nitrogens with one attached hydrogen (secondary N) is 1. The van der Waals surface area contributed by atoms with Crippen LogP contribution in [0.25, 0.3) is 16.9 Å². The number of anilines is 1. The first kappa shape index (κ1) is 25.3. The standard InChI is InChI=1S/C24H19F3N6O4/c1-2-37-22(35)14-32-13-16(5-8-21(32)34)23(36)30-20-7-6-17(12-29-20)33-19(24(25,26)27)10-18(31-33)15-4-3-9-28-11-15/h3-13H,2,14H2,1H3,(H,29,30,36). The van der Waals surface area contributed by atoms with Crippen LogP contribution >= 0.6 is 0 Å². The minimum atomic E-state index is -4.69. The van der Waals surface area contributed by atoms with Crippen LogP contribution in [0.15, 0.2) is 72.0 Å². The number of rotatable bonds is 7. The van der Waals surface area contributed by atoms with Gasteiger partial charge in [-0.15, -0.1) is 0 Å². The Kier molecular flexibility index (Phi) is 7.13. The molecule has 4 aromatic rings. The smallest absolute Gasteiger partial charge is 0.433 e. The molecule has 0 aromatic carbocycles. The van der Waals surface area contributed by atoms with E-state index in [1.165, 1.54) is 36.8 Å². The Morgan fingerprint density at radius 1 is 1.11 bits per heavy atom. The molecule has 10 nitrogen and oxygen atoms in total. The Balaban J connectivity index is 1.55. The normalized spacial score (nSPS) is 11.2. The Morgan fingerprint density at radius 2 is 1.92 bits per heavy atom. The second-order valence-electron chi connectivity index (χ2n) is 7.61. The van der Waals surface area contributed by atoms with Crippen LogP contribution in [0.3, 0.4) is 0 Å². The van der Waals surface area contributed by atoms with Gasteiger partial charge in [-0.1, -0.05) is 0 Å². The lowest BCUT2D eigenvalue weighted by atomic mass is 10.2. The maximum Gasteiger partial charge on any atom is 0.433 e. The summed E-state index contributed by atoms with van der Waals surface area (Å²) in [5.41, 5.74) is -0.944. The number of esters is 1. The molecule has 0 aliphatic rings. The SMILES string of the molecule is CCOC(=O)Cn1cc(C(=O)Nc2ccc(-n3nc(-c4cccnc4)cc3C(F)(F)F)cn2)ccc1=O. The minimum absolute atomic E-state index is 0.0171. The number of aromatic nitrogens is 5. The maximum atomic E-state index is 13.7. The summed E-state index contributed by atoms with van der Waals surface area (Å²) in [7, 11) is 0. The molecule has 0 spiro atoms. The largest absolute Gasteiger partial charge is 0.465 e. The maximum absolute atomic E-state index is 13.7. The van der Waals surface area contributed by atoms with E-state index in [0.717, 1.165) is 22.9 Å². The summed E-state index contributed by atoms with van der Waals surface area (Å²) in [6.07, 6.45) is 0.540. The third kappa shape index (κ3) is 5.89. The van der Waals surface area contributed by atoms with Crippen molar-refractivity contribution in [1.29, 1.82) is 0 Å². The average Bonchev–Trinajstić information content (AvgIpc) is 3.33. The van der Waals surface area contributed by atoms with Gasteiger partial charge in [0.1, 0.15) is 18.1 Å². The molecule has 37 heavy (non-hydrogen) atoms. The number of halogens is 3. The molecule has 0 radical (unpaired) electrons. The topological polar surface area (TPSA) is 121 Å². The quantitative estimate of drug-likeness (QED) is 0.377. The fraction of sp³-hybridized carbons (Fsp3) is 0.167. The molecule has 0 saturated carbocycles. The van der Waals surface area contributed by atoms with Crippen molar-refractivity contribution in [2.75, 3.05) is 11.9 Å². The van der Waals surface area contributed by atoms with Crippen LogP contribution in [-0.4, -0.2) is 42.8 Å². The molecular weight excluding hydrogens is 493 g/mol. The van der Waals surface area contributed by atoms with Gasteiger partial charge in [0.05, 0.1) is 29.7 Å². The summed E-state index contributed by atoms with van der Waals surface area (Å²) in [4.78, 5) is 44.2. The van der Waals surface area contributed by atoms with Crippen LogP contribution in [0.5, 0.6) is 0 Å². The van der Waals surface area contributed by atoms with Crippen LogP contribution in [0.4, 0.5) is 19.0 Å². The lowest BCUT2D eigenvalue weighted by Crippen LogP contribution is -2.26. The summed E-state index contributed by atoms with van der Waals surface area (Å²) in [5.74, 6) is -1.24. The van der Waals surface area contributed by atoms with Gasteiger partial charge in [-0.2, -0.15) is 18.3 Å². The Labute approximate surface area is 207 Å². The van der Waals surface area contributed by atoms with Gasteiger partial charge in [0.15, 0.2) is 0 Å². The zero-order valence-corrected chi connectivity index (χ0v) is 19.3. The van der Waals surface area contributed by atoms with Crippen molar-refractivity contribution in [3.8, 4) is 16.9 Å². The molecule has 0 atom stereocenters. The van der Waals surface area contributed by atoms with Crippen molar-refractivity contribution in [1.82, 2.24) is 24.3 Å². The number of alkyl halides is 3. The van der Waals surface area contributed by atoms with E-state index in [2.05, 4.69) is 20.4 Å². The Hall–Kier alpha value is -4.81. The zero-order valence-electron chi connectivity index (χ0n) is 19.3. The highest BCUT2D eigenvalue weighted by Crippen LogP contribution is 2.33. The van der Waals surface area contributed by atoms with Gasteiger partial charge in [0.25, 0.3) is 11.5 Å². The number of hydrogen-bond donors (Lipinski definition) is 1. The molecule has 1 N–H and O–H groups in total. The van der Waals surface area contributed by atoms with Gasteiger partial charge >= 0.3 is 12.1 Å². The molecule has 0 aliphatic heterocycles. The molecule has 13 heteroatoms. The van der Waals surface area contributed by atoms with Crippen molar-refractivity contribution < 1.29 is 27.5 Å². The first-order valence-corrected chi connectivity index (χ1v) is 10.9. The predicted molar refractivity (Wildman–Crippen MR) is 125 cm³/mol. The number of nitrogens with zero attached hydrogens (tertiary/aromatic N) is 5. The summed E-state index contributed by atoms with van der Waals surface area (Å²) < 4.78 is 47.6. The van der Waals surface area contributed by atoms with E-state index in [9.17, 15) is 27.6 Å². The summed E-state index contributed by atoms with van der Waals surface area (Å²) in [6, 6.07) is 9.12. The molecule has 0 aliphatic carbocycles. The van der Waals surface area contributed by atoms with Gasteiger partial charge in [0.2, 0.25) is 0 Å². The zero-order chi connectivity index (χ0) is 26.6. The van der Waals surface area contributed by atoms with Gasteiger partial charge < -0.3 is 14.6 Å². The van der Waals surface area contributed by atoms with E-state index in [1.54, 1.807) is 19.1 Å². The summed E-state index contributed by atoms with van der Waals surface area (Å²) in [5, 5.41) is 6.57. The second-order valence-corrected chi connectivity index (χ2v) is 7.61. The van der Waals surface area contributed by atoms with E-state index >= 15 is 0 Å². The first-order chi connectivity index (χ1) is 17.7. The number of hydrogen-bond acceptors (Lipinski definition) is 7. The Morgan fingerprint density at radius 3 is 2.57 bits per heavy atom. The van der Waals surface area contributed by atoms with Gasteiger partial charge in [-0.25, -0.2) is 9.67 Å². The summed E-state index contributed by atoms with van der Waals surface area (Å²) in [6.45, 7) is 1.40. The van der Waals surface area contributed by atoms with E-state index in [-0.39, 0.29) is 35.9 Å².